The van der Waals surface area contributed by atoms with Crippen LogP contribution in [0.5, 0.6) is 0 Å². The van der Waals surface area contributed by atoms with Crippen LogP contribution in [0.15, 0.2) is 0 Å². The number of carbonyl (C=O) groups is 1. The van der Waals surface area contributed by atoms with E-state index in [0.29, 0.717) is 12.5 Å². The van der Waals surface area contributed by atoms with E-state index in [2.05, 4.69) is 19.2 Å². The van der Waals surface area contributed by atoms with Gasteiger partial charge in [-0.25, -0.2) is 0 Å². The molecule has 0 aromatic rings. The number of hydrogen-bond donors (Lipinski definition) is 1. The molecule has 2 atom stereocenters. The molecular weight excluding hydrogens is 176 g/mol. The average molecular weight is 198 g/mol. The third kappa shape index (κ3) is 3.29. The number of rotatable bonds is 4. The zero-order valence-electron chi connectivity index (χ0n) is 9.55. The first-order chi connectivity index (χ1) is 6.63. The molecule has 2 unspecified atom stereocenters. The smallest absolute Gasteiger partial charge is 0.222 e. The van der Waals surface area contributed by atoms with Crippen molar-refractivity contribution in [1.82, 2.24) is 10.2 Å². The highest BCUT2D eigenvalue weighted by Gasteiger charge is 2.22. The van der Waals surface area contributed by atoms with Gasteiger partial charge < -0.3 is 10.2 Å². The third-order valence-corrected chi connectivity index (χ3v) is 3.08. The molecule has 1 amide bonds. The normalized spacial score (nSPS) is 25.2. The summed E-state index contributed by atoms with van der Waals surface area (Å²) in [5, 5.41) is 3.53. The van der Waals surface area contributed by atoms with Crippen molar-refractivity contribution in [1.29, 1.82) is 0 Å². The molecule has 0 bridgehead atoms. The summed E-state index contributed by atoms with van der Waals surface area (Å²) in [6.07, 6.45) is 2.92. The fraction of sp³-hybridized carbons (Fsp3) is 0.909. The van der Waals surface area contributed by atoms with Crippen molar-refractivity contribution < 1.29 is 4.79 Å². The fourth-order valence-corrected chi connectivity index (χ4v) is 1.69. The highest BCUT2D eigenvalue weighted by Crippen LogP contribution is 2.10. The molecule has 3 heteroatoms. The first kappa shape index (κ1) is 11.5. The van der Waals surface area contributed by atoms with Crippen LogP contribution in [-0.2, 0) is 4.79 Å². The zero-order chi connectivity index (χ0) is 10.6. The molecular formula is C11H22N2O. The van der Waals surface area contributed by atoms with Gasteiger partial charge in [-0.1, -0.05) is 20.3 Å². The Hall–Kier alpha value is -0.570. The molecule has 1 N–H and O–H groups in total. The molecule has 1 aliphatic heterocycles. The van der Waals surface area contributed by atoms with Crippen LogP contribution in [0.3, 0.4) is 0 Å². The molecule has 1 saturated heterocycles. The topological polar surface area (TPSA) is 32.3 Å². The second-order valence-corrected chi connectivity index (χ2v) is 4.43. The zero-order valence-corrected chi connectivity index (χ0v) is 9.55. The molecule has 0 saturated carbocycles. The molecule has 1 heterocycles. The highest BCUT2D eigenvalue weighted by atomic mass is 16.2. The summed E-state index contributed by atoms with van der Waals surface area (Å²) in [4.78, 5) is 13.1. The van der Waals surface area contributed by atoms with Crippen LogP contribution in [0.1, 0.15) is 33.1 Å². The second kappa shape index (κ2) is 5.35. The van der Waals surface area contributed by atoms with Crippen molar-refractivity contribution >= 4 is 5.91 Å². The molecule has 0 spiro atoms. The molecule has 82 valence electrons. The Morgan fingerprint density at radius 1 is 1.64 bits per heavy atom. The molecule has 0 aromatic carbocycles. The Balaban J connectivity index is 2.23. The van der Waals surface area contributed by atoms with Crippen LogP contribution >= 0.6 is 0 Å². The SMILES string of the molecule is CCC(C)CNC1CCC(=O)N(C)C1. The molecule has 3 nitrogen and oxygen atoms in total. The summed E-state index contributed by atoms with van der Waals surface area (Å²) in [7, 11) is 1.89. The quantitative estimate of drug-likeness (QED) is 0.737. The number of carbonyl (C=O) groups excluding carboxylic acids is 1. The van der Waals surface area contributed by atoms with Crippen molar-refractivity contribution in [2.24, 2.45) is 5.92 Å². The monoisotopic (exact) mass is 198 g/mol. The molecule has 0 radical (unpaired) electrons. The minimum Gasteiger partial charge on any atom is -0.344 e. The highest BCUT2D eigenvalue weighted by molar-refractivity contribution is 5.76. The van der Waals surface area contributed by atoms with E-state index in [1.165, 1.54) is 6.42 Å². The predicted octanol–water partition coefficient (Wildman–Crippen LogP) is 1.24. The van der Waals surface area contributed by atoms with Crippen LogP contribution in [0.25, 0.3) is 0 Å². The van der Waals surface area contributed by atoms with E-state index in [-0.39, 0.29) is 5.91 Å². The summed E-state index contributed by atoms with van der Waals surface area (Å²) in [5.74, 6) is 1.02. The number of piperidine rings is 1. The average Bonchev–Trinajstić information content (AvgIpc) is 2.19. The number of nitrogens with zero attached hydrogens (tertiary/aromatic N) is 1. The van der Waals surface area contributed by atoms with E-state index in [1.807, 2.05) is 11.9 Å². The van der Waals surface area contributed by atoms with Gasteiger partial charge in [0.1, 0.15) is 0 Å². The van der Waals surface area contributed by atoms with E-state index in [0.717, 1.165) is 25.4 Å². The Morgan fingerprint density at radius 2 is 2.36 bits per heavy atom. The predicted molar refractivity (Wildman–Crippen MR) is 58.1 cm³/mol. The van der Waals surface area contributed by atoms with E-state index in [1.54, 1.807) is 0 Å². The van der Waals surface area contributed by atoms with E-state index < -0.39 is 0 Å². The first-order valence-electron chi connectivity index (χ1n) is 5.60. The molecule has 0 aliphatic carbocycles. The standard InChI is InChI=1S/C11H22N2O/c1-4-9(2)7-12-10-5-6-11(14)13(3)8-10/h9-10,12H,4-8H2,1-3H3. The van der Waals surface area contributed by atoms with Crippen LogP contribution < -0.4 is 5.32 Å². The summed E-state index contributed by atoms with van der Waals surface area (Å²) in [5.41, 5.74) is 0. The Bertz CT molecular complexity index is 194. The number of hydrogen-bond acceptors (Lipinski definition) is 2. The van der Waals surface area contributed by atoms with Gasteiger partial charge >= 0.3 is 0 Å². The van der Waals surface area contributed by atoms with E-state index in [4.69, 9.17) is 0 Å². The maximum absolute atomic E-state index is 11.2. The minimum atomic E-state index is 0.284. The van der Waals surface area contributed by atoms with Crippen molar-refractivity contribution in [2.75, 3.05) is 20.1 Å². The summed E-state index contributed by atoms with van der Waals surface area (Å²) in [6, 6.07) is 0.506. The van der Waals surface area contributed by atoms with Gasteiger partial charge in [-0.2, -0.15) is 0 Å². The lowest BCUT2D eigenvalue weighted by Gasteiger charge is -2.31. The van der Waals surface area contributed by atoms with Crippen LogP contribution in [-0.4, -0.2) is 37.0 Å². The lowest BCUT2D eigenvalue weighted by molar-refractivity contribution is -0.132. The van der Waals surface area contributed by atoms with Gasteiger partial charge in [0.15, 0.2) is 0 Å². The van der Waals surface area contributed by atoms with E-state index >= 15 is 0 Å². The minimum absolute atomic E-state index is 0.284. The largest absolute Gasteiger partial charge is 0.344 e. The number of amides is 1. The summed E-state index contributed by atoms with van der Waals surface area (Å²) < 4.78 is 0. The first-order valence-corrected chi connectivity index (χ1v) is 5.60. The number of likely N-dealkylation sites (tertiary alicyclic amines) is 1. The van der Waals surface area contributed by atoms with Gasteiger partial charge in [0, 0.05) is 26.1 Å². The van der Waals surface area contributed by atoms with E-state index in [9.17, 15) is 4.79 Å². The maximum Gasteiger partial charge on any atom is 0.222 e. The lowest BCUT2D eigenvalue weighted by atomic mass is 10.0. The molecule has 14 heavy (non-hydrogen) atoms. The van der Waals surface area contributed by atoms with Gasteiger partial charge in [-0.15, -0.1) is 0 Å². The second-order valence-electron chi connectivity index (χ2n) is 4.43. The summed E-state index contributed by atoms with van der Waals surface area (Å²) in [6.45, 7) is 6.41. The fourth-order valence-electron chi connectivity index (χ4n) is 1.69. The molecule has 1 rings (SSSR count). The van der Waals surface area contributed by atoms with Crippen molar-refractivity contribution in [3.63, 3.8) is 0 Å². The number of likely N-dealkylation sites (N-methyl/N-ethyl adjacent to an activating group) is 1. The van der Waals surface area contributed by atoms with Crippen molar-refractivity contribution in [3.8, 4) is 0 Å². The molecule has 1 aliphatic rings. The van der Waals surface area contributed by atoms with Gasteiger partial charge in [-0.3, -0.25) is 4.79 Å². The Morgan fingerprint density at radius 3 is 2.93 bits per heavy atom. The van der Waals surface area contributed by atoms with Crippen LogP contribution in [0.2, 0.25) is 0 Å². The maximum atomic E-state index is 11.2. The lowest BCUT2D eigenvalue weighted by Crippen LogP contribution is -2.47. The van der Waals surface area contributed by atoms with Crippen molar-refractivity contribution in [3.05, 3.63) is 0 Å². The van der Waals surface area contributed by atoms with Gasteiger partial charge in [0.25, 0.3) is 0 Å². The van der Waals surface area contributed by atoms with Gasteiger partial charge in [0.05, 0.1) is 0 Å². The van der Waals surface area contributed by atoms with Crippen LogP contribution in [0.4, 0.5) is 0 Å². The Labute approximate surface area is 86.9 Å². The van der Waals surface area contributed by atoms with Crippen molar-refractivity contribution in [2.45, 2.75) is 39.2 Å². The van der Waals surface area contributed by atoms with Gasteiger partial charge in [-0.05, 0) is 18.9 Å². The van der Waals surface area contributed by atoms with Crippen LogP contribution in [0, 0.1) is 5.92 Å². The molecule has 1 fully saturated rings. The third-order valence-electron chi connectivity index (χ3n) is 3.08. The number of nitrogens with one attached hydrogen (secondary N) is 1. The molecule has 0 aromatic heterocycles. The van der Waals surface area contributed by atoms with Gasteiger partial charge in [0.2, 0.25) is 5.91 Å². The Kier molecular flexibility index (Phi) is 4.39. The summed E-state index contributed by atoms with van der Waals surface area (Å²) >= 11 is 0.